The summed E-state index contributed by atoms with van der Waals surface area (Å²) in [6.45, 7) is 2.91. The van der Waals surface area contributed by atoms with Gasteiger partial charge < -0.3 is 16.2 Å². The van der Waals surface area contributed by atoms with Crippen LogP contribution in [0.5, 0.6) is 0 Å². The third-order valence-corrected chi connectivity index (χ3v) is 2.95. The van der Waals surface area contributed by atoms with Crippen molar-refractivity contribution in [2.45, 2.75) is 44.8 Å². The average Bonchev–Trinajstić information content (AvgIpc) is 2.82. The van der Waals surface area contributed by atoms with Crippen molar-refractivity contribution in [3.63, 3.8) is 0 Å². The quantitative estimate of drug-likeness (QED) is 0.704. The van der Waals surface area contributed by atoms with Gasteiger partial charge in [0, 0.05) is 6.54 Å². The van der Waals surface area contributed by atoms with Crippen molar-refractivity contribution >= 4 is 11.9 Å². The number of hydrogen-bond acceptors (Lipinski definition) is 5. The molecule has 90 valence electrons. The van der Waals surface area contributed by atoms with Gasteiger partial charge in [-0.25, -0.2) is 4.68 Å². The molecule has 1 fully saturated rings. The Hall–Kier alpha value is -1.30. The molecule has 1 saturated carbocycles. The SMILES string of the molecule is CCCNc1nc(N)n(C2CCCC2O)n1. The van der Waals surface area contributed by atoms with E-state index in [1.807, 2.05) is 0 Å². The Bertz CT molecular complexity index is 351. The highest BCUT2D eigenvalue weighted by Crippen LogP contribution is 2.31. The summed E-state index contributed by atoms with van der Waals surface area (Å²) in [4.78, 5) is 4.13. The summed E-state index contributed by atoms with van der Waals surface area (Å²) in [6, 6.07) is -0.00956. The van der Waals surface area contributed by atoms with Crippen molar-refractivity contribution in [3.8, 4) is 0 Å². The molecule has 1 aromatic rings. The molecule has 0 amide bonds. The van der Waals surface area contributed by atoms with Crippen LogP contribution in [0, 0.1) is 0 Å². The predicted molar refractivity (Wildman–Crippen MR) is 62.1 cm³/mol. The Labute approximate surface area is 94.9 Å². The number of nitrogens with two attached hydrogens (primary N) is 1. The van der Waals surface area contributed by atoms with Crippen molar-refractivity contribution in [3.05, 3.63) is 0 Å². The Balaban J connectivity index is 2.11. The monoisotopic (exact) mass is 225 g/mol. The molecule has 0 aromatic carbocycles. The van der Waals surface area contributed by atoms with E-state index in [-0.39, 0.29) is 12.1 Å². The number of aliphatic hydroxyl groups is 1. The lowest BCUT2D eigenvalue weighted by Crippen LogP contribution is -2.21. The first-order valence-corrected chi connectivity index (χ1v) is 5.86. The maximum Gasteiger partial charge on any atom is 0.243 e. The molecule has 6 nitrogen and oxygen atoms in total. The van der Waals surface area contributed by atoms with Crippen LogP contribution >= 0.6 is 0 Å². The second kappa shape index (κ2) is 4.69. The lowest BCUT2D eigenvalue weighted by atomic mass is 10.2. The van der Waals surface area contributed by atoms with Gasteiger partial charge in [-0.05, 0) is 25.7 Å². The van der Waals surface area contributed by atoms with Crippen molar-refractivity contribution in [1.29, 1.82) is 0 Å². The topological polar surface area (TPSA) is 89.0 Å². The molecule has 0 bridgehead atoms. The van der Waals surface area contributed by atoms with Gasteiger partial charge in [-0.2, -0.15) is 4.98 Å². The van der Waals surface area contributed by atoms with Gasteiger partial charge in [-0.1, -0.05) is 6.92 Å². The Morgan fingerprint density at radius 1 is 1.56 bits per heavy atom. The van der Waals surface area contributed by atoms with E-state index in [1.54, 1.807) is 4.68 Å². The Morgan fingerprint density at radius 3 is 3.00 bits per heavy atom. The fourth-order valence-electron chi connectivity index (χ4n) is 2.10. The van der Waals surface area contributed by atoms with Gasteiger partial charge in [-0.15, -0.1) is 5.10 Å². The molecule has 1 aromatic heterocycles. The summed E-state index contributed by atoms with van der Waals surface area (Å²) in [5.74, 6) is 0.933. The molecule has 0 aliphatic heterocycles. The summed E-state index contributed by atoms with van der Waals surface area (Å²) < 4.78 is 1.65. The molecule has 1 heterocycles. The van der Waals surface area contributed by atoms with Crippen LogP contribution in [0.3, 0.4) is 0 Å². The molecule has 0 radical (unpaired) electrons. The largest absolute Gasteiger partial charge is 0.391 e. The van der Waals surface area contributed by atoms with Gasteiger partial charge in [0.25, 0.3) is 0 Å². The second-order valence-electron chi connectivity index (χ2n) is 4.23. The Kier molecular flexibility index (Phi) is 3.28. The number of nitrogen functional groups attached to an aromatic ring is 1. The van der Waals surface area contributed by atoms with E-state index in [0.717, 1.165) is 32.2 Å². The van der Waals surface area contributed by atoms with E-state index in [2.05, 4.69) is 22.3 Å². The lowest BCUT2D eigenvalue weighted by molar-refractivity contribution is 0.131. The number of nitrogens with one attached hydrogen (secondary N) is 1. The minimum absolute atomic E-state index is 0.00956. The van der Waals surface area contributed by atoms with E-state index >= 15 is 0 Å². The van der Waals surface area contributed by atoms with Crippen molar-refractivity contribution in [1.82, 2.24) is 14.8 Å². The highest BCUT2D eigenvalue weighted by molar-refractivity contribution is 5.31. The predicted octanol–water partition coefficient (Wildman–Crippen LogP) is 0.768. The van der Waals surface area contributed by atoms with E-state index < -0.39 is 0 Å². The summed E-state index contributed by atoms with van der Waals surface area (Å²) in [7, 11) is 0. The average molecular weight is 225 g/mol. The molecule has 0 saturated heterocycles. The van der Waals surface area contributed by atoms with E-state index in [1.165, 1.54) is 0 Å². The zero-order valence-corrected chi connectivity index (χ0v) is 9.56. The second-order valence-corrected chi connectivity index (χ2v) is 4.23. The third-order valence-electron chi connectivity index (χ3n) is 2.95. The van der Waals surface area contributed by atoms with Gasteiger partial charge >= 0.3 is 0 Å². The van der Waals surface area contributed by atoms with Crippen LogP contribution in [0.25, 0.3) is 0 Å². The molecular weight excluding hydrogens is 206 g/mol. The smallest absolute Gasteiger partial charge is 0.243 e. The number of rotatable bonds is 4. The van der Waals surface area contributed by atoms with Gasteiger partial charge in [0.05, 0.1) is 12.1 Å². The summed E-state index contributed by atoms with van der Waals surface area (Å²) >= 11 is 0. The fourth-order valence-corrected chi connectivity index (χ4v) is 2.10. The first kappa shape index (κ1) is 11.2. The van der Waals surface area contributed by atoms with Gasteiger partial charge in [0.1, 0.15) is 0 Å². The molecule has 0 spiro atoms. The molecule has 1 aliphatic carbocycles. The molecule has 2 unspecified atom stereocenters. The van der Waals surface area contributed by atoms with Crippen LogP contribution in [0.1, 0.15) is 38.6 Å². The maximum absolute atomic E-state index is 9.79. The zero-order valence-electron chi connectivity index (χ0n) is 9.56. The van der Waals surface area contributed by atoms with Crippen molar-refractivity contribution < 1.29 is 5.11 Å². The van der Waals surface area contributed by atoms with E-state index in [0.29, 0.717) is 11.9 Å². The van der Waals surface area contributed by atoms with Crippen LogP contribution in [-0.2, 0) is 0 Å². The van der Waals surface area contributed by atoms with Crippen LogP contribution in [0.4, 0.5) is 11.9 Å². The molecular formula is C10H19N5O. The third kappa shape index (κ3) is 2.11. The first-order valence-electron chi connectivity index (χ1n) is 5.86. The zero-order chi connectivity index (χ0) is 11.5. The number of anilines is 2. The molecule has 16 heavy (non-hydrogen) atoms. The van der Waals surface area contributed by atoms with E-state index in [9.17, 15) is 5.11 Å². The first-order chi connectivity index (χ1) is 7.72. The van der Waals surface area contributed by atoms with Crippen LogP contribution in [-0.4, -0.2) is 32.5 Å². The lowest BCUT2D eigenvalue weighted by Gasteiger charge is -2.14. The summed E-state index contributed by atoms with van der Waals surface area (Å²) in [6.07, 6.45) is 3.43. The summed E-state index contributed by atoms with van der Waals surface area (Å²) in [5.41, 5.74) is 5.79. The highest BCUT2D eigenvalue weighted by Gasteiger charge is 2.29. The number of hydrogen-bond donors (Lipinski definition) is 3. The number of nitrogens with zero attached hydrogens (tertiary/aromatic N) is 3. The van der Waals surface area contributed by atoms with E-state index in [4.69, 9.17) is 5.73 Å². The highest BCUT2D eigenvalue weighted by atomic mass is 16.3. The van der Waals surface area contributed by atoms with Crippen LogP contribution < -0.4 is 11.1 Å². The Morgan fingerprint density at radius 2 is 2.38 bits per heavy atom. The molecule has 2 atom stereocenters. The number of aromatic nitrogens is 3. The normalized spacial score (nSPS) is 24.9. The van der Waals surface area contributed by atoms with Crippen molar-refractivity contribution in [2.24, 2.45) is 0 Å². The number of aliphatic hydroxyl groups excluding tert-OH is 1. The fraction of sp³-hybridized carbons (Fsp3) is 0.800. The molecule has 4 N–H and O–H groups in total. The maximum atomic E-state index is 9.79. The molecule has 1 aliphatic rings. The van der Waals surface area contributed by atoms with Crippen LogP contribution in [0.2, 0.25) is 0 Å². The van der Waals surface area contributed by atoms with Crippen molar-refractivity contribution in [2.75, 3.05) is 17.6 Å². The van der Waals surface area contributed by atoms with Gasteiger partial charge in [-0.3, -0.25) is 0 Å². The van der Waals surface area contributed by atoms with Gasteiger partial charge in [0.2, 0.25) is 11.9 Å². The van der Waals surface area contributed by atoms with Gasteiger partial charge in [0.15, 0.2) is 0 Å². The summed E-state index contributed by atoms with van der Waals surface area (Å²) in [5, 5.41) is 17.2. The van der Waals surface area contributed by atoms with Crippen LogP contribution in [0.15, 0.2) is 0 Å². The molecule has 6 heteroatoms. The molecule has 2 rings (SSSR count). The standard InChI is InChI=1S/C10H19N5O/c1-2-6-12-10-13-9(11)15(14-10)7-4-3-5-8(7)16/h7-8,16H,2-6H2,1H3,(H3,11,12,13,14). The minimum Gasteiger partial charge on any atom is -0.391 e. The minimum atomic E-state index is -0.344.